The average molecular weight is 262 g/mol. The zero-order chi connectivity index (χ0) is 13.1. The van der Waals surface area contributed by atoms with Gasteiger partial charge in [-0.15, -0.1) is 16.7 Å². The SMILES string of the molecule is CCOC(=O)c1nnn(CC(C)(C)O)c1CCl. The van der Waals surface area contributed by atoms with Gasteiger partial charge in [0.05, 0.1) is 30.3 Å². The standard InChI is InChI=1S/C10H16ClN3O3/c1-4-17-9(15)8-7(5-11)14(13-12-8)6-10(2,3)16/h16H,4-6H2,1-3H3. The van der Waals surface area contributed by atoms with E-state index in [0.717, 1.165) is 0 Å². The molecule has 0 atom stereocenters. The lowest BCUT2D eigenvalue weighted by molar-refractivity contribution is 0.0511. The van der Waals surface area contributed by atoms with E-state index in [1.54, 1.807) is 20.8 Å². The van der Waals surface area contributed by atoms with E-state index in [0.29, 0.717) is 5.69 Å². The lowest BCUT2D eigenvalue weighted by atomic mass is 10.1. The molecule has 1 aromatic heterocycles. The van der Waals surface area contributed by atoms with Crippen molar-refractivity contribution in [2.24, 2.45) is 0 Å². The minimum Gasteiger partial charge on any atom is -0.461 e. The number of ether oxygens (including phenoxy) is 1. The molecule has 1 rings (SSSR count). The molecular weight excluding hydrogens is 246 g/mol. The van der Waals surface area contributed by atoms with Crippen LogP contribution < -0.4 is 0 Å². The van der Waals surface area contributed by atoms with Gasteiger partial charge in [-0.05, 0) is 20.8 Å². The summed E-state index contributed by atoms with van der Waals surface area (Å²) >= 11 is 5.76. The van der Waals surface area contributed by atoms with Gasteiger partial charge in [0.25, 0.3) is 0 Å². The maximum Gasteiger partial charge on any atom is 0.360 e. The lowest BCUT2D eigenvalue weighted by Gasteiger charge is -2.17. The highest BCUT2D eigenvalue weighted by Gasteiger charge is 2.23. The van der Waals surface area contributed by atoms with E-state index in [1.165, 1.54) is 4.68 Å². The molecule has 0 fully saturated rings. The number of halogens is 1. The zero-order valence-corrected chi connectivity index (χ0v) is 10.9. The lowest BCUT2D eigenvalue weighted by Crippen LogP contribution is -2.27. The summed E-state index contributed by atoms with van der Waals surface area (Å²) in [6.45, 7) is 5.45. The molecule has 1 N–H and O–H groups in total. The second-order valence-corrected chi connectivity index (χ2v) is 4.48. The quantitative estimate of drug-likeness (QED) is 0.631. The van der Waals surface area contributed by atoms with Gasteiger partial charge in [0.2, 0.25) is 0 Å². The number of alkyl halides is 1. The highest BCUT2D eigenvalue weighted by molar-refractivity contribution is 6.17. The van der Waals surface area contributed by atoms with Gasteiger partial charge in [0.1, 0.15) is 0 Å². The Morgan fingerprint density at radius 3 is 2.71 bits per heavy atom. The second-order valence-electron chi connectivity index (χ2n) is 4.21. The Hall–Kier alpha value is -1.14. The van der Waals surface area contributed by atoms with Crippen LogP contribution in [0.3, 0.4) is 0 Å². The summed E-state index contributed by atoms with van der Waals surface area (Å²) in [6, 6.07) is 0. The number of hydrogen-bond acceptors (Lipinski definition) is 5. The van der Waals surface area contributed by atoms with E-state index in [1.807, 2.05) is 0 Å². The molecule has 96 valence electrons. The Morgan fingerprint density at radius 2 is 2.24 bits per heavy atom. The normalized spacial score (nSPS) is 11.6. The number of nitrogens with zero attached hydrogens (tertiary/aromatic N) is 3. The Balaban J connectivity index is 2.99. The number of rotatable bonds is 5. The van der Waals surface area contributed by atoms with Crippen molar-refractivity contribution < 1.29 is 14.6 Å². The molecule has 1 aromatic rings. The Morgan fingerprint density at radius 1 is 1.59 bits per heavy atom. The third kappa shape index (κ3) is 3.67. The minimum absolute atomic E-state index is 0.0806. The number of carbonyl (C=O) groups is 1. The largest absolute Gasteiger partial charge is 0.461 e. The van der Waals surface area contributed by atoms with E-state index in [4.69, 9.17) is 16.3 Å². The van der Waals surface area contributed by atoms with Crippen molar-refractivity contribution in [2.45, 2.75) is 38.8 Å². The topological polar surface area (TPSA) is 77.2 Å². The van der Waals surface area contributed by atoms with Crippen LogP contribution in [0.2, 0.25) is 0 Å². The molecule has 0 unspecified atom stereocenters. The molecule has 0 aromatic carbocycles. The van der Waals surface area contributed by atoms with Crippen molar-refractivity contribution in [1.29, 1.82) is 0 Å². The van der Waals surface area contributed by atoms with Crippen molar-refractivity contribution in [3.8, 4) is 0 Å². The van der Waals surface area contributed by atoms with Gasteiger partial charge in [-0.25, -0.2) is 9.48 Å². The van der Waals surface area contributed by atoms with Crippen molar-refractivity contribution >= 4 is 17.6 Å². The van der Waals surface area contributed by atoms with Crippen molar-refractivity contribution in [2.75, 3.05) is 6.61 Å². The molecule has 0 aliphatic heterocycles. The molecular formula is C10H16ClN3O3. The number of aromatic nitrogens is 3. The van der Waals surface area contributed by atoms with Crippen LogP contribution in [0.5, 0.6) is 0 Å². The Kier molecular flexibility index (Phi) is 4.47. The molecule has 0 bridgehead atoms. The average Bonchev–Trinajstić information content (AvgIpc) is 2.58. The fourth-order valence-corrected chi connectivity index (χ4v) is 1.58. The highest BCUT2D eigenvalue weighted by Crippen LogP contribution is 2.14. The monoisotopic (exact) mass is 261 g/mol. The molecule has 0 saturated heterocycles. The summed E-state index contributed by atoms with van der Waals surface area (Å²) in [4.78, 5) is 11.5. The molecule has 0 radical (unpaired) electrons. The summed E-state index contributed by atoms with van der Waals surface area (Å²) in [5, 5.41) is 17.2. The first-order chi connectivity index (χ1) is 7.89. The van der Waals surface area contributed by atoms with Crippen LogP contribution >= 0.6 is 11.6 Å². The number of aliphatic hydroxyl groups is 1. The fraction of sp³-hybridized carbons (Fsp3) is 0.700. The van der Waals surface area contributed by atoms with Crippen LogP contribution in [0, 0.1) is 0 Å². The van der Waals surface area contributed by atoms with Crippen molar-refractivity contribution in [3.05, 3.63) is 11.4 Å². The highest BCUT2D eigenvalue weighted by atomic mass is 35.5. The number of hydrogen-bond donors (Lipinski definition) is 1. The zero-order valence-electron chi connectivity index (χ0n) is 10.1. The molecule has 6 nitrogen and oxygen atoms in total. The Labute approximate surface area is 105 Å². The van der Waals surface area contributed by atoms with Crippen LogP contribution in [-0.2, 0) is 17.2 Å². The summed E-state index contributed by atoms with van der Waals surface area (Å²) < 4.78 is 6.25. The van der Waals surface area contributed by atoms with Gasteiger partial charge >= 0.3 is 5.97 Å². The van der Waals surface area contributed by atoms with Crippen LogP contribution in [0.4, 0.5) is 0 Å². The Bertz CT molecular complexity index is 398. The van der Waals surface area contributed by atoms with Crippen molar-refractivity contribution in [1.82, 2.24) is 15.0 Å². The molecule has 0 aliphatic rings. The molecule has 0 amide bonds. The second kappa shape index (κ2) is 5.46. The van der Waals surface area contributed by atoms with Crippen LogP contribution in [-0.4, -0.2) is 38.3 Å². The first-order valence-corrected chi connectivity index (χ1v) is 5.80. The van der Waals surface area contributed by atoms with Gasteiger partial charge in [-0.3, -0.25) is 0 Å². The van der Waals surface area contributed by atoms with Crippen LogP contribution in [0.25, 0.3) is 0 Å². The number of esters is 1. The smallest absolute Gasteiger partial charge is 0.360 e. The maximum atomic E-state index is 11.5. The summed E-state index contributed by atoms with van der Waals surface area (Å²) in [5.41, 5.74) is -0.404. The van der Waals surface area contributed by atoms with Gasteiger partial charge in [0, 0.05) is 0 Å². The first-order valence-electron chi connectivity index (χ1n) is 5.27. The van der Waals surface area contributed by atoms with Gasteiger partial charge < -0.3 is 9.84 Å². The van der Waals surface area contributed by atoms with Gasteiger partial charge in [0.15, 0.2) is 5.69 Å². The van der Waals surface area contributed by atoms with E-state index in [9.17, 15) is 9.90 Å². The summed E-state index contributed by atoms with van der Waals surface area (Å²) in [6.07, 6.45) is 0. The fourth-order valence-electron chi connectivity index (χ4n) is 1.32. The summed E-state index contributed by atoms with van der Waals surface area (Å²) in [7, 11) is 0. The first kappa shape index (κ1) is 13.9. The van der Waals surface area contributed by atoms with Crippen molar-refractivity contribution in [3.63, 3.8) is 0 Å². The molecule has 7 heteroatoms. The molecule has 0 aliphatic carbocycles. The maximum absolute atomic E-state index is 11.5. The van der Waals surface area contributed by atoms with E-state index < -0.39 is 11.6 Å². The van der Waals surface area contributed by atoms with E-state index in [-0.39, 0.29) is 24.7 Å². The van der Waals surface area contributed by atoms with Crippen LogP contribution in [0.1, 0.15) is 37.0 Å². The third-order valence-electron chi connectivity index (χ3n) is 1.97. The molecule has 1 heterocycles. The predicted octanol–water partition coefficient (Wildman–Crippen LogP) is 0.964. The predicted molar refractivity (Wildman–Crippen MR) is 61.8 cm³/mol. The number of carbonyl (C=O) groups excluding carboxylic acids is 1. The molecule has 17 heavy (non-hydrogen) atoms. The molecule has 0 spiro atoms. The molecule has 0 saturated carbocycles. The van der Waals surface area contributed by atoms with Crippen LogP contribution in [0.15, 0.2) is 0 Å². The minimum atomic E-state index is -0.958. The summed E-state index contributed by atoms with van der Waals surface area (Å²) in [5.74, 6) is -0.470. The third-order valence-corrected chi connectivity index (χ3v) is 2.22. The van der Waals surface area contributed by atoms with Gasteiger partial charge in [-0.2, -0.15) is 0 Å². The van der Waals surface area contributed by atoms with Gasteiger partial charge in [-0.1, -0.05) is 5.21 Å². The van der Waals surface area contributed by atoms with E-state index in [2.05, 4.69) is 10.3 Å². The van der Waals surface area contributed by atoms with E-state index >= 15 is 0 Å².